The van der Waals surface area contributed by atoms with Gasteiger partial charge in [0.1, 0.15) is 0 Å². The predicted octanol–water partition coefficient (Wildman–Crippen LogP) is 1.04. The van der Waals surface area contributed by atoms with Gasteiger partial charge in [0, 0.05) is 5.69 Å². The monoisotopic (exact) mass is 193 g/mol. The number of nitrogens with two attached hydrogens (primary N) is 1. The van der Waals surface area contributed by atoms with E-state index < -0.39 is 5.97 Å². The zero-order valence-electron chi connectivity index (χ0n) is 7.62. The number of anilines is 1. The second-order valence-electron chi connectivity index (χ2n) is 3.31. The Balaban J connectivity index is 2.58. The molecule has 0 saturated heterocycles. The van der Waals surface area contributed by atoms with Crippen LogP contribution < -0.4 is 5.73 Å². The largest absolute Gasteiger partial charge is 0.478 e. The summed E-state index contributed by atoms with van der Waals surface area (Å²) in [4.78, 5) is 10.9. The van der Waals surface area contributed by atoms with Crippen molar-refractivity contribution in [3.8, 4) is 0 Å². The molecular weight excluding hydrogens is 182 g/mol. The van der Waals surface area contributed by atoms with E-state index in [0.717, 1.165) is 11.1 Å². The summed E-state index contributed by atoms with van der Waals surface area (Å²) in [6.45, 7) is 1.04. The normalized spacial score (nSPS) is 14.9. The number of aromatic carboxylic acids is 1. The molecule has 1 aliphatic heterocycles. The summed E-state index contributed by atoms with van der Waals surface area (Å²) in [7, 11) is 0. The lowest BCUT2D eigenvalue weighted by molar-refractivity contribution is 0.0690. The van der Waals surface area contributed by atoms with Crippen molar-refractivity contribution in [2.45, 2.75) is 13.0 Å². The molecule has 0 fully saturated rings. The second kappa shape index (κ2) is 3.31. The first-order valence-electron chi connectivity index (χ1n) is 4.41. The van der Waals surface area contributed by atoms with Crippen molar-refractivity contribution >= 4 is 11.7 Å². The minimum absolute atomic E-state index is 0.309. The van der Waals surface area contributed by atoms with Crippen LogP contribution in [0.25, 0.3) is 0 Å². The van der Waals surface area contributed by atoms with Gasteiger partial charge in [0.2, 0.25) is 0 Å². The lowest BCUT2D eigenvalue weighted by Crippen LogP contribution is -2.15. The van der Waals surface area contributed by atoms with E-state index in [4.69, 9.17) is 15.6 Å². The minimum Gasteiger partial charge on any atom is -0.478 e. The number of fused-ring (bicyclic) bond motifs is 1. The number of rotatable bonds is 1. The molecule has 1 aliphatic rings. The number of carboxylic acid groups (broad SMARTS) is 1. The molecule has 0 unspecified atom stereocenters. The van der Waals surface area contributed by atoms with E-state index in [1.54, 1.807) is 6.07 Å². The molecule has 2 rings (SSSR count). The number of hydrogen-bond acceptors (Lipinski definition) is 3. The first-order valence-corrected chi connectivity index (χ1v) is 4.41. The van der Waals surface area contributed by atoms with Crippen molar-refractivity contribution < 1.29 is 14.6 Å². The zero-order chi connectivity index (χ0) is 10.1. The molecule has 0 bridgehead atoms. The van der Waals surface area contributed by atoms with Gasteiger partial charge in [-0.3, -0.25) is 0 Å². The Kier molecular flexibility index (Phi) is 2.13. The van der Waals surface area contributed by atoms with Gasteiger partial charge < -0.3 is 15.6 Å². The zero-order valence-corrected chi connectivity index (χ0v) is 7.62. The van der Waals surface area contributed by atoms with Gasteiger partial charge in [-0.25, -0.2) is 4.79 Å². The number of ether oxygens (including phenoxy) is 1. The Morgan fingerprint density at radius 3 is 3.00 bits per heavy atom. The van der Waals surface area contributed by atoms with Crippen molar-refractivity contribution in [3.05, 3.63) is 28.8 Å². The molecule has 0 atom stereocenters. The van der Waals surface area contributed by atoms with Crippen molar-refractivity contribution in [2.24, 2.45) is 0 Å². The average Bonchev–Trinajstić information content (AvgIpc) is 2.16. The molecule has 0 aliphatic carbocycles. The molecular formula is C10H11NO3. The highest BCUT2D eigenvalue weighted by molar-refractivity contribution is 5.91. The van der Waals surface area contributed by atoms with E-state index in [0.29, 0.717) is 30.9 Å². The molecule has 0 radical (unpaired) electrons. The fraction of sp³-hybridized carbons (Fsp3) is 0.300. The highest BCUT2D eigenvalue weighted by Gasteiger charge is 2.18. The topological polar surface area (TPSA) is 72.6 Å². The van der Waals surface area contributed by atoms with E-state index in [9.17, 15) is 4.79 Å². The Bertz CT molecular complexity index is 387. The van der Waals surface area contributed by atoms with E-state index in [1.807, 2.05) is 0 Å². The van der Waals surface area contributed by atoms with Gasteiger partial charge in [0.25, 0.3) is 0 Å². The fourth-order valence-corrected chi connectivity index (χ4v) is 1.73. The van der Waals surface area contributed by atoms with Crippen LogP contribution in [0.15, 0.2) is 12.1 Å². The summed E-state index contributed by atoms with van der Waals surface area (Å²) in [5.74, 6) is -0.921. The van der Waals surface area contributed by atoms with E-state index in [1.165, 1.54) is 6.07 Å². The van der Waals surface area contributed by atoms with Crippen LogP contribution in [0.3, 0.4) is 0 Å². The first kappa shape index (κ1) is 9.02. The summed E-state index contributed by atoms with van der Waals surface area (Å²) in [6, 6.07) is 3.29. The molecule has 1 aromatic carbocycles. The van der Waals surface area contributed by atoms with Crippen LogP contribution in [0, 0.1) is 0 Å². The molecule has 4 heteroatoms. The molecule has 0 aromatic heterocycles. The highest BCUT2D eigenvalue weighted by Crippen LogP contribution is 2.24. The average molecular weight is 193 g/mol. The van der Waals surface area contributed by atoms with Crippen LogP contribution in [-0.4, -0.2) is 17.7 Å². The van der Waals surface area contributed by atoms with Crippen molar-refractivity contribution in [3.63, 3.8) is 0 Å². The molecule has 0 amide bonds. The number of carbonyl (C=O) groups is 1. The van der Waals surface area contributed by atoms with Gasteiger partial charge in [-0.15, -0.1) is 0 Å². The fourth-order valence-electron chi connectivity index (χ4n) is 1.73. The van der Waals surface area contributed by atoms with Crippen molar-refractivity contribution in [1.82, 2.24) is 0 Å². The van der Waals surface area contributed by atoms with Crippen LogP contribution in [0.4, 0.5) is 5.69 Å². The maximum absolute atomic E-state index is 10.9. The summed E-state index contributed by atoms with van der Waals surface area (Å²) >= 11 is 0. The molecule has 3 N–H and O–H groups in total. The quantitative estimate of drug-likeness (QED) is 0.653. The summed E-state index contributed by atoms with van der Waals surface area (Å²) < 4.78 is 5.24. The first-order chi connectivity index (χ1) is 6.68. The van der Waals surface area contributed by atoms with Crippen LogP contribution in [0.1, 0.15) is 21.5 Å². The van der Waals surface area contributed by atoms with Crippen LogP contribution in [0.5, 0.6) is 0 Å². The Hall–Kier alpha value is -1.55. The Labute approximate surface area is 81.3 Å². The maximum atomic E-state index is 10.9. The number of nitrogen functional groups attached to an aromatic ring is 1. The van der Waals surface area contributed by atoms with Gasteiger partial charge in [0.15, 0.2) is 0 Å². The maximum Gasteiger partial charge on any atom is 0.336 e. The number of benzene rings is 1. The third-order valence-corrected chi connectivity index (χ3v) is 2.35. The number of carboxylic acids is 1. The van der Waals surface area contributed by atoms with Gasteiger partial charge in [0.05, 0.1) is 18.8 Å². The molecule has 4 nitrogen and oxygen atoms in total. The van der Waals surface area contributed by atoms with E-state index in [-0.39, 0.29) is 0 Å². The van der Waals surface area contributed by atoms with Crippen LogP contribution in [0.2, 0.25) is 0 Å². The van der Waals surface area contributed by atoms with Crippen LogP contribution >= 0.6 is 0 Å². The predicted molar refractivity (Wildman–Crippen MR) is 51.2 cm³/mol. The Morgan fingerprint density at radius 1 is 1.50 bits per heavy atom. The summed E-state index contributed by atoms with van der Waals surface area (Å²) in [5, 5.41) is 8.97. The molecule has 74 valence electrons. The lowest BCUT2D eigenvalue weighted by Gasteiger charge is -2.18. The molecule has 0 spiro atoms. The van der Waals surface area contributed by atoms with Gasteiger partial charge in [-0.2, -0.15) is 0 Å². The van der Waals surface area contributed by atoms with E-state index >= 15 is 0 Å². The highest BCUT2D eigenvalue weighted by atomic mass is 16.5. The van der Waals surface area contributed by atoms with Crippen molar-refractivity contribution in [2.75, 3.05) is 12.3 Å². The molecule has 0 saturated carbocycles. The van der Waals surface area contributed by atoms with Crippen LogP contribution in [-0.2, 0) is 17.8 Å². The third-order valence-electron chi connectivity index (χ3n) is 2.35. The molecule has 14 heavy (non-hydrogen) atoms. The smallest absolute Gasteiger partial charge is 0.336 e. The Morgan fingerprint density at radius 2 is 2.29 bits per heavy atom. The van der Waals surface area contributed by atoms with Gasteiger partial charge in [-0.1, -0.05) is 0 Å². The third kappa shape index (κ3) is 1.44. The van der Waals surface area contributed by atoms with Gasteiger partial charge in [-0.05, 0) is 29.7 Å². The standard InChI is InChI=1S/C10H11NO3/c11-7-3-6-5-14-2-1-8(6)9(4-7)10(12)13/h3-4H,1-2,5,11H2,(H,12,13). The summed E-state index contributed by atoms with van der Waals surface area (Å²) in [5.41, 5.74) is 8.14. The lowest BCUT2D eigenvalue weighted by atomic mass is 9.96. The number of hydrogen-bond donors (Lipinski definition) is 2. The summed E-state index contributed by atoms with van der Waals surface area (Å²) in [6.07, 6.45) is 0.650. The minimum atomic E-state index is -0.921. The second-order valence-corrected chi connectivity index (χ2v) is 3.31. The molecule has 1 aromatic rings. The van der Waals surface area contributed by atoms with Gasteiger partial charge >= 0.3 is 5.97 Å². The molecule has 1 heterocycles. The SMILES string of the molecule is Nc1cc2c(c(C(=O)O)c1)CCOC2. The van der Waals surface area contributed by atoms with Crippen molar-refractivity contribution in [1.29, 1.82) is 0 Å². The van der Waals surface area contributed by atoms with E-state index in [2.05, 4.69) is 0 Å².